The molecule has 0 atom stereocenters. The van der Waals surface area contributed by atoms with Crippen LogP contribution in [0.25, 0.3) is 6.08 Å². The monoisotopic (exact) mass is 631 g/mol. The molecular formula is C27H17BrF3N3O5S. The number of amides is 3. The van der Waals surface area contributed by atoms with E-state index in [-0.39, 0.29) is 11.5 Å². The Kier molecular flexibility index (Phi) is 8.81. The van der Waals surface area contributed by atoms with Crippen LogP contribution in [0.5, 0.6) is 11.5 Å². The zero-order valence-corrected chi connectivity index (χ0v) is 22.9. The van der Waals surface area contributed by atoms with Crippen LogP contribution in [-0.4, -0.2) is 35.6 Å². The topological polar surface area (TPSA) is 109 Å². The van der Waals surface area contributed by atoms with Crippen LogP contribution in [-0.2, 0) is 16.2 Å². The molecule has 8 nitrogen and oxygen atoms in total. The number of nitrogens with zero attached hydrogens (tertiary/aromatic N) is 2. The van der Waals surface area contributed by atoms with E-state index in [1.165, 1.54) is 13.2 Å². The molecule has 3 amide bonds. The summed E-state index contributed by atoms with van der Waals surface area (Å²) in [7, 11) is 1.43. The van der Waals surface area contributed by atoms with Crippen molar-refractivity contribution in [2.24, 2.45) is 0 Å². The van der Waals surface area contributed by atoms with Crippen LogP contribution < -0.4 is 14.8 Å². The van der Waals surface area contributed by atoms with Crippen molar-refractivity contribution in [2.45, 2.75) is 6.61 Å². The molecule has 0 spiro atoms. The largest absolute Gasteiger partial charge is 0.493 e. The lowest BCUT2D eigenvalue weighted by atomic mass is 10.1. The highest BCUT2D eigenvalue weighted by Crippen LogP contribution is 2.39. The summed E-state index contributed by atoms with van der Waals surface area (Å²) in [5, 5.41) is 10.2. The molecule has 0 aliphatic carbocycles. The molecule has 204 valence electrons. The van der Waals surface area contributed by atoms with Crippen LogP contribution in [0.1, 0.15) is 16.7 Å². The van der Waals surface area contributed by atoms with Crippen LogP contribution in [0.2, 0.25) is 0 Å². The predicted octanol–water partition coefficient (Wildman–Crippen LogP) is 6.00. The van der Waals surface area contributed by atoms with Crippen LogP contribution in [0, 0.1) is 28.8 Å². The average molecular weight is 632 g/mol. The number of benzene rings is 3. The van der Waals surface area contributed by atoms with Gasteiger partial charge in [0.1, 0.15) is 13.2 Å². The summed E-state index contributed by atoms with van der Waals surface area (Å²) in [5.41, 5.74) is 1.19. The number of rotatable bonds is 8. The number of nitrogens with one attached hydrogen (secondary N) is 1. The molecule has 0 bridgehead atoms. The van der Waals surface area contributed by atoms with E-state index in [2.05, 4.69) is 15.9 Å². The maximum absolute atomic E-state index is 13.9. The molecule has 0 unspecified atom stereocenters. The quantitative estimate of drug-likeness (QED) is 0.240. The minimum Gasteiger partial charge on any atom is -0.493 e. The summed E-state index contributed by atoms with van der Waals surface area (Å²) < 4.78 is 52.2. The molecule has 3 aromatic rings. The van der Waals surface area contributed by atoms with Crippen LogP contribution in [0.3, 0.4) is 0 Å². The van der Waals surface area contributed by atoms with Gasteiger partial charge in [0.25, 0.3) is 11.1 Å². The van der Waals surface area contributed by atoms with Crippen molar-refractivity contribution >= 4 is 56.5 Å². The highest BCUT2D eigenvalue weighted by molar-refractivity contribution is 9.10. The standard InChI is InChI=1S/C27H17BrF3N3O5S/c1-38-20-9-16(8-17(28)25(20)39-13-15-4-2-14(11-32)3-5-15)10-21-26(36)34(27(37)40-21)12-22(35)33-19-7-6-18(29)23(30)24(19)31/h2-10H,12-13H2,1H3,(H,33,35)/b21-10+. The first-order valence-corrected chi connectivity index (χ1v) is 12.9. The van der Waals surface area contributed by atoms with E-state index in [4.69, 9.17) is 14.7 Å². The van der Waals surface area contributed by atoms with Gasteiger partial charge in [0.05, 0.1) is 33.8 Å². The number of carbonyl (C=O) groups excluding carboxylic acids is 3. The normalized spacial score (nSPS) is 13.9. The number of ether oxygens (including phenoxy) is 2. The van der Waals surface area contributed by atoms with Gasteiger partial charge >= 0.3 is 0 Å². The van der Waals surface area contributed by atoms with Gasteiger partial charge in [0.2, 0.25) is 5.91 Å². The molecular weight excluding hydrogens is 615 g/mol. The Morgan fingerprint density at radius 3 is 2.52 bits per heavy atom. The summed E-state index contributed by atoms with van der Waals surface area (Å²) >= 11 is 4.01. The van der Waals surface area contributed by atoms with Gasteiger partial charge in [-0.1, -0.05) is 12.1 Å². The van der Waals surface area contributed by atoms with Crippen LogP contribution in [0.4, 0.5) is 23.7 Å². The van der Waals surface area contributed by atoms with Crippen LogP contribution in [0.15, 0.2) is 57.9 Å². The van der Waals surface area contributed by atoms with Gasteiger partial charge < -0.3 is 14.8 Å². The Morgan fingerprint density at radius 2 is 1.85 bits per heavy atom. The highest BCUT2D eigenvalue weighted by atomic mass is 79.9. The first-order chi connectivity index (χ1) is 19.1. The smallest absolute Gasteiger partial charge is 0.294 e. The van der Waals surface area contributed by atoms with E-state index in [0.29, 0.717) is 49.8 Å². The summed E-state index contributed by atoms with van der Waals surface area (Å²) in [6.07, 6.45) is 1.43. The maximum atomic E-state index is 13.9. The summed E-state index contributed by atoms with van der Waals surface area (Å²) in [4.78, 5) is 38.3. The van der Waals surface area contributed by atoms with Crippen molar-refractivity contribution in [1.29, 1.82) is 5.26 Å². The number of anilines is 1. The van der Waals surface area contributed by atoms with E-state index in [9.17, 15) is 27.6 Å². The number of hydrogen-bond acceptors (Lipinski definition) is 7. The molecule has 0 radical (unpaired) electrons. The van der Waals surface area contributed by atoms with Gasteiger partial charge in [-0.25, -0.2) is 13.2 Å². The van der Waals surface area contributed by atoms with Gasteiger partial charge in [0.15, 0.2) is 29.0 Å². The van der Waals surface area contributed by atoms with E-state index in [1.54, 1.807) is 36.4 Å². The lowest BCUT2D eigenvalue weighted by molar-refractivity contribution is -0.127. The number of nitriles is 1. The van der Waals surface area contributed by atoms with Gasteiger partial charge in [-0.15, -0.1) is 0 Å². The predicted molar refractivity (Wildman–Crippen MR) is 144 cm³/mol. The number of thioether (sulfide) groups is 1. The molecule has 1 fully saturated rings. The zero-order chi connectivity index (χ0) is 29.0. The second-order valence-corrected chi connectivity index (χ2v) is 10.0. The van der Waals surface area contributed by atoms with Gasteiger partial charge in [0, 0.05) is 0 Å². The number of hydrogen-bond donors (Lipinski definition) is 1. The third-order valence-electron chi connectivity index (χ3n) is 5.50. The molecule has 1 aliphatic rings. The first-order valence-electron chi connectivity index (χ1n) is 11.3. The van der Waals surface area contributed by atoms with Gasteiger partial charge in [-0.3, -0.25) is 19.3 Å². The summed E-state index contributed by atoms with van der Waals surface area (Å²) in [6.45, 7) is -0.578. The number of carbonyl (C=O) groups is 3. The van der Waals surface area contributed by atoms with Crippen molar-refractivity contribution in [2.75, 3.05) is 19.0 Å². The van der Waals surface area contributed by atoms with Crippen molar-refractivity contribution in [3.8, 4) is 17.6 Å². The van der Waals surface area contributed by atoms with Crippen molar-refractivity contribution < 1.29 is 37.0 Å². The van der Waals surface area contributed by atoms with Crippen molar-refractivity contribution in [3.05, 3.63) is 92.1 Å². The third-order valence-corrected chi connectivity index (χ3v) is 7.00. The van der Waals surface area contributed by atoms with Gasteiger partial charge in [-0.05, 0) is 81.3 Å². The third kappa shape index (κ3) is 6.30. The van der Waals surface area contributed by atoms with Crippen molar-refractivity contribution in [3.63, 3.8) is 0 Å². The Bertz CT molecular complexity index is 1590. The summed E-state index contributed by atoms with van der Waals surface area (Å²) in [5.74, 6) is -5.83. The Labute approximate surface area is 238 Å². The molecule has 1 heterocycles. The Balaban J connectivity index is 1.46. The average Bonchev–Trinajstić information content (AvgIpc) is 3.19. The number of methoxy groups -OCH3 is 1. The van der Waals surface area contributed by atoms with Crippen molar-refractivity contribution in [1.82, 2.24) is 4.90 Å². The molecule has 1 aliphatic heterocycles. The Hall–Kier alpha value is -4.28. The number of halogens is 4. The number of imide groups is 1. The molecule has 3 aromatic carbocycles. The van der Waals surface area contributed by atoms with E-state index >= 15 is 0 Å². The molecule has 40 heavy (non-hydrogen) atoms. The molecule has 1 N–H and O–H groups in total. The summed E-state index contributed by atoms with van der Waals surface area (Å²) in [6, 6.07) is 13.6. The second-order valence-electron chi connectivity index (χ2n) is 8.17. The van der Waals surface area contributed by atoms with Crippen LogP contribution >= 0.6 is 27.7 Å². The van der Waals surface area contributed by atoms with E-state index < -0.39 is 46.7 Å². The minimum atomic E-state index is -1.76. The lowest BCUT2D eigenvalue weighted by Gasteiger charge is -2.14. The lowest BCUT2D eigenvalue weighted by Crippen LogP contribution is -2.36. The second kappa shape index (κ2) is 12.3. The minimum absolute atomic E-state index is 0.0111. The van der Waals surface area contributed by atoms with E-state index in [0.717, 1.165) is 11.6 Å². The fourth-order valence-corrected chi connectivity index (χ4v) is 4.95. The van der Waals surface area contributed by atoms with E-state index in [1.807, 2.05) is 11.4 Å². The molecule has 0 saturated carbocycles. The maximum Gasteiger partial charge on any atom is 0.294 e. The highest BCUT2D eigenvalue weighted by Gasteiger charge is 2.36. The van der Waals surface area contributed by atoms with Gasteiger partial charge in [-0.2, -0.15) is 5.26 Å². The zero-order valence-electron chi connectivity index (χ0n) is 20.5. The fraction of sp³-hybridized carbons (Fsp3) is 0.111. The molecule has 4 rings (SSSR count). The molecule has 0 aromatic heterocycles. The molecule has 1 saturated heterocycles. The molecule has 13 heteroatoms. The fourth-order valence-electron chi connectivity index (χ4n) is 3.54. The Morgan fingerprint density at radius 1 is 1.12 bits per heavy atom. The SMILES string of the molecule is COc1cc(/C=C2/SC(=O)N(CC(=O)Nc3ccc(F)c(F)c3F)C2=O)cc(Br)c1OCc1ccc(C#N)cc1. The first kappa shape index (κ1) is 28.7.